The van der Waals surface area contributed by atoms with Crippen molar-refractivity contribution in [3.8, 4) is 5.75 Å². The van der Waals surface area contributed by atoms with Crippen LogP contribution in [0.15, 0.2) is 18.2 Å². The molecular weight excluding hydrogens is 297 g/mol. The summed E-state index contributed by atoms with van der Waals surface area (Å²) in [5, 5.41) is 11.0. The summed E-state index contributed by atoms with van der Waals surface area (Å²) in [4.78, 5) is 10.6. The number of nitro groups is 1. The van der Waals surface area contributed by atoms with Gasteiger partial charge in [-0.1, -0.05) is 27.5 Å². The van der Waals surface area contributed by atoms with Crippen LogP contribution in [0.1, 0.15) is 12.8 Å². The molecule has 0 aromatic heterocycles. The average Bonchev–Trinajstić information content (AvgIpc) is 2.18. The molecule has 1 saturated carbocycles. The van der Waals surface area contributed by atoms with Crippen LogP contribution in [0.5, 0.6) is 5.75 Å². The third-order valence-electron chi connectivity index (χ3n) is 2.46. The van der Waals surface area contributed by atoms with Crippen molar-refractivity contribution in [1.29, 1.82) is 0 Å². The number of hydrogen-bond acceptors (Lipinski definition) is 3. The van der Waals surface area contributed by atoms with Crippen molar-refractivity contribution in [2.24, 2.45) is 0 Å². The topological polar surface area (TPSA) is 52.4 Å². The smallest absolute Gasteiger partial charge is 0.273 e. The van der Waals surface area contributed by atoms with Gasteiger partial charge in [0.2, 0.25) is 0 Å². The Bertz CT molecular complexity index is 421. The number of benzene rings is 1. The minimum absolute atomic E-state index is 0.00545. The summed E-state index contributed by atoms with van der Waals surface area (Å²) in [6.07, 6.45) is 1.90. The molecule has 0 unspecified atom stereocenters. The zero-order valence-electron chi connectivity index (χ0n) is 8.23. The predicted molar refractivity (Wildman–Crippen MR) is 64.5 cm³/mol. The van der Waals surface area contributed by atoms with Gasteiger partial charge in [0.25, 0.3) is 5.69 Å². The Labute approximate surface area is 106 Å². The quantitative estimate of drug-likeness (QED) is 0.487. The molecule has 86 valence electrons. The van der Waals surface area contributed by atoms with Crippen LogP contribution < -0.4 is 4.74 Å². The molecule has 1 fully saturated rings. The fraction of sp³-hybridized carbons (Fsp3) is 0.400. The van der Waals surface area contributed by atoms with E-state index in [-0.39, 0.29) is 11.8 Å². The van der Waals surface area contributed by atoms with Crippen LogP contribution in [0.2, 0.25) is 5.02 Å². The van der Waals surface area contributed by atoms with Gasteiger partial charge in [-0.25, -0.2) is 0 Å². The number of hydrogen-bond donors (Lipinski definition) is 0. The molecule has 0 amide bonds. The molecule has 2 rings (SSSR count). The summed E-state index contributed by atoms with van der Waals surface area (Å²) in [7, 11) is 0. The lowest BCUT2D eigenvalue weighted by molar-refractivity contribution is -0.385. The highest BCUT2D eigenvalue weighted by atomic mass is 79.9. The van der Waals surface area contributed by atoms with Gasteiger partial charge >= 0.3 is 0 Å². The maximum atomic E-state index is 10.6. The largest absolute Gasteiger partial charge is 0.489 e. The molecular formula is C10H9BrClNO3. The molecule has 0 aliphatic heterocycles. The lowest BCUT2D eigenvalue weighted by Crippen LogP contribution is -2.34. The van der Waals surface area contributed by atoms with E-state index in [0.717, 1.165) is 12.8 Å². The monoisotopic (exact) mass is 305 g/mol. The zero-order chi connectivity index (χ0) is 11.7. The summed E-state index contributed by atoms with van der Waals surface area (Å²) >= 11 is 9.35. The van der Waals surface area contributed by atoms with E-state index in [1.54, 1.807) is 0 Å². The Kier molecular flexibility index (Phi) is 3.35. The maximum Gasteiger partial charge on any atom is 0.273 e. The van der Waals surface area contributed by atoms with Crippen LogP contribution >= 0.6 is 27.5 Å². The van der Waals surface area contributed by atoms with Gasteiger partial charge in [-0.3, -0.25) is 10.1 Å². The van der Waals surface area contributed by atoms with Gasteiger partial charge in [0.15, 0.2) is 0 Å². The van der Waals surface area contributed by atoms with Crippen LogP contribution in [-0.4, -0.2) is 15.9 Å². The van der Waals surface area contributed by atoms with Crippen LogP contribution in [-0.2, 0) is 0 Å². The van der Waals surface area contributed by atoms with Gasteiger partial charge in [0.05, 0.1) is 16.0 Å². The summed E-state index contributed by atoms with van der Waals surface area (Å²) in [5.41, 5.74) is -0.00545. The molecule has 0 radical (unpaired) electrons. The Hall–Kier alpha value is -0.810. The second-order valence-corrected chi connectivity index (χ2v) is 5.38. The first-order valence-corrected chi connectivity index (χ1v) is 6.10. The number of nitro benzene ring substituents is 1. The Morgan fingerprint density at radius 2 is 2.19 bits per heavy atom. The second kappa shape index (κ2) is 4.59. The average molecular weight is 307 g/mol. The Balaban J connectivity index is 2.12. The molecule has 16 heavy (non-hydrogen) atoms. The first-order chi connectivity index (χ1) is 7.56. The lowest BCUT2D eigenvalue weighted by Gasteiger charge is -2.31. The normalized spacial score (nSPS) is 23.6. The first-order valence-electron chi connectivity index (χ1n) is 4.81. The molecule has 6 heteroatoms. The van der Waals surface area contributed by atoms with E-state index in [1.807, 2.05) is 0 Å². The van der Waals surface area contributed by atoms with Gasteiger partial charge in [-0.05, 0) is 18.9 Å². The minimum Gasteiger partial charge on any atom is -0.489 e. The van der Waals surface area contributed by atoms with E-state index in [0.29, 0.717) is 15.6 Å². The van der Waals surface area contributed by atoms with Crippen molar-refractivity contribution in [2.45, 2.75) is 23.8 Å². The van der Waals surface area contributed by atoms with Crippen molar-refractivity contribution >= 4 is 33.2 Å². The first kappa shape index (κ1) is 11.7. The van der Waals surface area contributed by atoms with Gasteiger partial charge in [0.1, 0.15) is 11.9 Å². The molecule has 1 aliphatic rings. The number of nitrogens with zero attached hydrogens (tertiary/aromatic N) is 1. The van der Waals surface area contributed by atoms with Crippen LogP contribution in [0, 0.1) is 10.1 Å². The van der Waals surface area contributed by atoms with Crippen LogP contribution in [0.25, 0.3) is 0 Å². The van der Waals surface area contributed by atoms with E-state index >= 15 is 0 Å². The fourth-order valence-electron chi connectivity index (χ4n) is 1.47. The lowest BCUT2D eigenvalue weighted by atomic mass is 9.96. The van der Waals surface area contributed by atoms with E-state index in [4.69, 9.17) is 16.3 Å². The summed E-state index contributed by atoms with van der Waals surface area (Å²) in [6, 6.07) is 4.21. The van der Waals surface area contributed by atoms with E-state index < -0.39 is 4.92 Å². The molecule has 1 aromatic carbocycles. The number of rotatable bonds is 3. The highest BCUT2D eigenvalue weighted by Crippen LogP contribution is 2.35. The van der Waals surface area contributed by atoms with Crippen LogP contribution in [0.3, 0.4) is 0 Å². The van der Waals surface area contributed by atoms with Gasteiger partial charge < -0.3 is 4.74 Å². The highest BCUT2D eigenvalue weighted by Gasteiger charge is 2.29. The summed E-state index contributed by atoms with van der Waals surface area (Å²) in [5.74, 6) is 0.389. The molecule has 0 spiro atoms. The zero-order valence-corrected chi connectivity index (χ0v) is 10.6. The third-order valence-corrected chi connectivity index (χ3v) is 3.52. The van der Waals surface area contributed by atoms with Crippen LogP contribution in [0.4, 0.5) is 5.69 Å². The van der Waals surface area contributed by atoms with Crippen molar-refractivity contribution in [1.82, 2.24) is 0 Å². The van der Waals surface area contributed by atoms with Crippen molar-refractivity contribution < 1.29 is 9.66 Å². The van der Waals surface area contributed by atoms with E-state index in [1.165, 1.54) is 18.2 Å². The molecule has 0 bridgehead atoms. The number of halogens is 2. The van der Waals surface area contributed by atoms with Gasteiger partial charge in [0, 0.05) is 10.9 Å². The molecule has 1 aliphatic carbocycles. The second-order valence-electron chi connectivity index (χ2n) is 3.68. The summed E-state index contributed by atoms with van der Waals surface area (Å²) in [6.45, 7) is 0. The molecule has 1 aromatic rings. The minimum atomic E-state index is -0.461. The molecule has 0 saturated heterocycles. The number of non-ortho nitro benzene ring substituents is 1. The Morgan fingerprint density at radius 1 is 1.50 bits per heavy atom. The van der Waals surface area contributed by atoms with E-state index in [2.05, 4.69) is 15.9 Å². The number of ether oxygens (including phenoxy) is 1. The van der Waals surface area contributed by atoms with Gasteiger partial charge in [-0.2, -0.15) is 0 Å². The predicted octanol–water partition coefficient (Wildman–Crippen LogP) is 3.55. The van der Waals surface area contributed by atoms with Crippen molar-refractivity contribution in [3.05, 3.63) is 33.3 Å². The Morgan fingerprint density at radius 3 is 2.75 bits per heavy atom. The molecule has 0 heterocycles. The molecule has 0 atom stereocenters. The SMILES string of the molecule is O=[N+]([O-])c1ccc(Cl)c(OC2CC(Br)C2)c1. The maximum absolute atomic E-state index is 10.6. The fourth-order valence-corrected chi connectivity index (χ4v) is 2.47. The van der Waals surface area contributed by atoms with Crippen molar-refractivity contribution in [2.75, 3.05) is 0 Å². The van der Waals surface area contributed by atoms with Crippen molar-refractivity contribution in [3.63, 3.8) is 0 Å². The van der Waals surface area contributed by atoms with Gasteiger partial charge in [-0.15, -0.1) is 0 Å². The van der Waals surface area contributed by atoms with E-state index in [9.17, 15) is 10.1 Å². The summed E-state index contributed by atoms with van der Waals surface area (Å²) < 4.78 is 5.58. The number of alkyl halides is 1. The third kappa shape index (κ3) is 2.47. The molecule has 0 N–H and O–H groups in total. The standard InChI is InChI=1S/C10H9BrClNO3/c11-6-3-8(4-6)16-10-5-7(13(14)15)1-2-9(10)12/h1-2,5-6,8H,3-4H2. The highest BCUT2D eigenvalue weighted by molar-refractivity contribution is 9.09. The molecule has 4 nitrogen and oxygen atoms in total.